The summed E-state index contributed by atoms with van der Waals surface area (Å²) < 4.78 is 0. The molecule has 30 heavy (non-hydrogen) atoms. The number of nitrogens with two attached hydrogens (primary N) is 1. The van der Waals surface area contributed by atoms with E-state index in [-0.39, 0.29) is 24.2 Å². The van der Waals surface area contributed by atoms with Gasteiger partial charge in [-0.1, -0.05) is 0 Å². The Morgan fingerprint density at radius 2 is 1.93 bits per heavy atom. The average molecular weight is 445 g/mol. The van der Waals surface area contributed by atoms with Crippen LogP contribution in [0.3, 0.4) is 0 Å². The lowest BCUT2D eigenvalue weighted by Crippen LogP contribution is -2.55. The summed E-state index contributed by atoms with van der Waals surface area (Å²) in [5, 5.41) is 24.2. The second-order valence-electron chi connectivity index (χ2n) is 7.11. The van der Waals surface area contributed by atoms with Crippen LogP contribution in [0.4, 0.5) is 0 Å². The molecule has 0 aliphatic carbocycles. The molecule has 12 heteroatoms. The van der Waals surface area contributed by atoms with E-state index in [1.165, 1.54) is 11.8 Å². The molecule has 11 nitrogen and oxygen atoms in total. The average Bonchev–Trinajstić information content (AvgIpc) is 3.16. The maximum Gasteiger partial charge on any atom is 0.326 e. The van der Waals surface area contributed by atoms with Crippen LogP contribution in [-0.4, -0.2) is 82.9 Å². The normalized spacial score (nSPS) is 17.7. The largest absolute Gasteiger partial charge is 0.480 e. The van der Waals surface area contributed by atoms with Crippen molar-refractivity contribution >= 4 is 41.4 Å². The Kier molecular flexibility index (Phi) is 11.0. The molecule has 170 valence electrons. The summed E-state index contributed by atoms with van der Waals surface area (Å²) in [6.07, 6.45) is 3.96. The molecule has 1 rings (SSSR count). The molecule has 0 saturated carbocycles. The molecule has 1 fully saturated rings. The van der Waals surface area contributed by atoms with E-state index < -0.39 is 30.0 Å². The van der Waals surface area contributed by atoms with Gasteiger partial charge in [0.05, 0.1) is 0 Å². The van der Waals surface area contributed by atoms with Crippen molar-refractivity contribution in [1.82, 2.24) is 20.9 Å². The number of carboxylic acid groups (broad SMARTS) is 1. The summed E-state index contributed by atoms with van der Waals surface area (Å²) in [6, 6.07) is -2.58. The van der Waals surface area contributed by atoms with E-state index in [0.29, 0.717) is 44.5 Å². The van der Waals surface area contributed by atoms with Crippen molar-refractivity contribution in [2.45, 2.75) is 57.2 Å². The van der Waals surface area contributed by atoms with Crippen molar-refractivity contribution in [3.8, 4) is 0 Å². The lowest BCUT2D eigenvalue weighted by molar-refractivity contribution is -0.145. The second kappa shape index (κ2) is 12.9. The number of nitrogens with zero attached hydrogens (tertiary/aromatic N) is 1. The Bertz CT molecular complexity index is 647. The van der Waals surface area contributed by atoms with Gasteiger partial charge in [0.15, 0.2) is 5.96 Å². The Morgan fingerprint density at radius 3 is 2.50 bits per heavy atom. The quantitative estimate of drug-likeness (QED) is 0.127. The fraction of sp³-hybridized carbons (Fsp3) is 0.722. The Balaban J connectivity index is 2.75. The van der Waals surface area contributed by atoms with Gasteiger partial charge < -0.3 is 31.7 Å². The van der Waals surface area contributed by atoms with Crippen LogP contribution >= 0.6 is 11.8 Å². The number of thioether (sulfide) groups is 1. The number of rotatable bonds is 12. The molecule has 1 saturated heterocycles. The number of nitrogens with one attached hydrogen (secondary N) is 4. The number of aliphatic carboxylic acids is 1. The number of likely N-dealkylation sites (tertiary alicyclic amines) is 1. The van der Waals surface area contributed by atoms with Crippen molar-refractivity contribution in [3.63, 3.8) is 0 Å². The van der Waals surface area contributed by atoms with E-state index in [9.17, 15) is 24.3 Å². The highest BCUT2D eigenvalue weighted by Gasteiger charge is 2.38. The molecule has 1 aliphatic rings. The molecule has 1 aliphatic heterocycles. The minimum atomic E-state index is -1.17. The fourth-order valence-electron chi connectivity index (χ4n) is 3.30. The molecular formula is C18H32N6O5S. The monoisotopic (exact) mass is 444 g/mol. The third-order valence-corrected chi connectivity index (χ3v) is 5.37. The van der Waals surface area contributed by atoms with E-state index >= 15 is 0 Å². The van der Waals surface area contributed by atoms with Crippen molar-refractivity contribution in [1.29, 1.82) is 5.41 Å². The van der Waals surface area contributed by atoms with E-state index in [0.717, 1.165) is 0 Å². The number of guanidine groups is 1. The number of carbonyl (C=O) groups is 4. The smallest absolute Gasteiger partial charge is 0.326 e. The molecular weight excluding hydrogens is 412 g/mol. The number of hydrogen-bond acceptors (Lipinski definition) is 6. The lowest BCUT2D eigenvalue weighted by atomic mass is 10.1. The van der Waals surface area contributed by atoms with Crippen molar-refractivity contribution < 1.29 is 24.3 Å². The Labute approximate surface area is 180 Å². The molecule has 1 heterocycles. The number of carboxylic acids is 1. The zero-order valence-electron chi connectivity index (χ0n) is 17.4. The van der Waals surface area contributed by atoms with Crippen molar-refractivity contribution in [2.24, 2.45) is 5.73 Å². The summed E-state index contributed by atoms with van der Waals surface area (Å²) in [4.78, 5) is 50.1. The molecule has 0 aromatic carbocycles. The maximum absolute atomic E-state index is 13.0. The highest BCUT2D eigenvalue weighted by Crippen LogP contribution is 2.20. The van der Waals surface area contributed by atoms with Gasteiger partial charge in [0, 0.05) is 20.0 Å². The summed E-state index contributed by atoms with van der Waals surface area (Å²) in [7, 11) is 0. The molecule has 0 aromatic rings. The van der Waals surface area contributed by atoms with Crippen LogP contribution in [0.2, 0.25) is 0 Å². The lowest BCUT2D eigenvalue weighted by Gasteiger charge is -2.29. The van der Waals surface area contributed by atoms with Gasteiger partial charge in [0.25, 0.3) is 0 Å². The van der Waals surface area contributed by atoms with Crippen molar-refractivity contribution in [2.75, 3.05) is 25.1 Å². The molecule has 7 N–H and O–H groups in total. The highest BCUT2D eigenvalue weighted by atomic mass is 32.2. The molecule has 0 radical (unpaired) electrons. The van der Waals surface area contributed by atoms with E-state index in [1.807, 2.05) is 6.26 Å². The number of carbonyl (C=O) groups excluding carboxylic acids is 3. The second-order valence-corrected chi connectivity index (χ2v) is 8.09. The molecule has 0 aromatic heterocycles. The van der Waals surface area contributed by atoms with Gasteiger partial charge in [-0.05, 0) is 44.1 Å². The van der Waals surface area contributed by atoms with Crippen LogP contribution in [0.25, 0.3) is 0 Å². The minimum absolute atomic E-state index is 0.157. The van der Waals surface area contributed by atoms with Crippen LogP contribution in [0.15, 0.2) is 0 Å². The molecule has 0 spiro atoms. The summed E-state index contributed by atoms with van der Waals surface area (Å²) in [5.41, 5.74) is 5.18. The van der Waals surface area contributed by atoms with Gasteiger partial charge in [-0.25, -0.2) is 4.79 Å². The standard InChI is InChI=1S/C18H32N6O5S/c1-11(25)22-12(7-10-30-2)16(27)24-9-4-6-14(24)15(26)23-13(17(28)29)5-3-8-21-18(19)20/h12-14H,3-10H2,1-2H3,(H,22,25)(H,23,26)(H,28,29)(H4,19,20,21)/t12-,13-,14-/m0/s1. The molecule has 3 amide bonds. The third-order valence-electron chi connectivity index (χ3n) is 4.72. The van der Waals surface area contributed by atoms with E-state index in [1.54, 1.807) is 11.8 Å². The van der Waals surface area contributed by atoms with Gasteiger partial charge in [0.1, 0.15) is 18.1 Å². The summed E-state index contributed by atoms with van der Waals surface area (Å²) in [6.45, 7) is 2.04. The number of amides is 3. The summed E-state index contributed by atoms with van der Waals surface area (Å²) >= 11 is 1.55. The van der Waals surface area contributed by atoms with Gasteiger partial charge >= 0.3 is 5.97 Å². The predicted molar refractivity (Wildman–Crippen MR) is 114 cm³/mol. The zero-order chi connectivity index (χ0) is 22.7. The Morgan fingerprint density at radius 1 is 1.23 bits per heavy atom. The SMILES string of the molecule is CSCC[C@H](NC(C)=O)C(=O)N1CCC[C@H]1C(=O)N[C@@H](CCCNC(=N)N)C(=O)O. The van der Waals surface area contributed by atoms with Gasteiger partial charge in [-0.2, -0.15) is 11.8 Å². The van der Waals surface area contributed by atoms with Crippen LogP contribution in [0, 0.1) is 5.41 Å². The van der Waals surface area contributed by atoms with E-state index in [2.05, 4.69) is 16.0 Å². The predicted octanol–water partition coefficient (Wildman–Crippen LogP) is -0.932. The summed E-state index contributed by atoms with van der Waals surface area (Å²) in [5.74, 6) is -1.86. The first kappa shape index (κ1) is 25.5. The molecule has 3 atom stereocenters. The van der Waals surface area contributed by atoms with E-state index in [4.69, 9.17) is 11.1 Å². The van der Waals surface area contributed by atoms with Crippen molar-refractivity contribution in [3.05, 3.63) is 0 Å². The first-order valence-corrected chi connectivity index (χ1v) is 11.2. The maximum atomic E-state index is 13.0. The fourth-order valence-corrected chi connectivity index (χ4v) is 3.77. The van der Waals surface area contributed by atoms with Gasteiger partial charge in [-0.3, -0.25) is 19.8 Å². The van der Waals surface area contributed by atoms with Crippen LogP contribution in [-0.2, 0) is 19.2 Å². The molecule has 0 bridgehead atoms. The highest BCUT2D eigenvalue weighted by molar-refractivity contribution is 7.98. The number of hydrogen-bond donors (Lipinski definition) is 6. The first-order valence-electron chi connectivity index (χ1n) is 9.85. The van der Waals surface area contributed by atoms with Crippen LogP contribution < -0.4 is 21.7 Å². The third kappa shape index (κ3) is 8.47. The first-order chi connectivity index (χ1) is 14.2. The van der Waals surface area contributed by atoms with Crippen LogP contribution in [0.1, 0.15) is 39.0 Å². The zero-order valence-corrected chi connectivity index (χ0v) is 18.2. The van der Waals surface area contributed by atoms with Gasteiger partial charge in [-0.15, -0.1) is 0 Å². The Hall–Kier alpha value is -2.50. The molecule has 0 unspecified atom stereocenters. The minimum Gasteiger partial charge on any atom is -0.480 e. The van der Waals surface area contributed by atoms with Crippen LogP contribution in [0.5, 0.6) is 0 Å². The topological polar surface area (TPSA) is 178 Å². The van der Waals surface area contributed by atoms with Gasteiger partial charge in [0.2, 0.25) is 17.7 Å².